The van der Waals surface area contributed by atoms with E-state index in [0.29, 0.717) is 12.2 Å². The Morgan fingerprint density at radius 3 is 2.46 bits per heavy atom. The fraction of sp³-hybridized carbons (Fsp3) is 0.200. The maximum Gasteiger partial charge on any atom is 0.150 e. The number of hydrogen-bond acceptors (Lipinski definition) is 4. The lowest BCUT2D eigenvalue weighted by Crippen LogP contribution is -1.92. The normalized spacial score (nSPS) is 9.79. The van der Waals surface area contributed by atoms with Gasteiger partial charge in [-0.05, 0) is 50.2 Å². The summed E-state index contributed by atoms with van der Waals surface area (Å²) in [6, 6.07) is 17.3. The lowest BCUT2D eigenvalue weighted by atomic mass is 10.2. The van der Waals surface area contributed by atoms with Gasteiger partial charge in [-0.1, -0.05) is 18.2 Å². The average Bonchev–Trinajstić information content (AvgIpc) is 2.62. The molecule has 1 heterocycles. The number of ether oxygens (including phenoxy) is 1. The lowest BCUT2D eigenvalue weighted by Gasteiger charge is -2.04. The minimum Gasteiger partial charge on any atom is -0.494 e. The van der Waals surface area contributed by atoms with Crippen molar-refractivity contribution in [2.45, 2.75) is 13.8 Å². The third-order valence-electron chi connectivity index (χ3n) is 3.46. The summed E-state index contributed by atoms with van der Waals surface area (Å²) in [4.78, 5) is 14.7. The van der Waals surface area contributed by atoms with Gasteiger partial charge in [0.1, 0.15) is 12.0 Å². The second-order valence-corrected chi connectivity index (χ2v) is 5.20. The fourth-order valence-corrected chi connectivity index (χ4v) is 2.26. The molecule has 3 aromatic rings. The summed E-state index contributed by atoms with van der Waals surface area (Å²) in [5.74, 6) is 0.804. The van der Waals surface area contributed by atoms with Crippen molar-refractivity contribution in [3.05, 3.63) is 65.9 Å². The van der Waals surface area contributed by atoms with E-state index in [0.717, 1.165) is 28.9 Å². The Kier molecular flexibility index (Phi) is 6.32. The molecule has 0 bridgehead atoms. The molecule has 124 valence electrons. The molecule has 24 heavy (non-hydrogen) atoms. The third-order valence-corrected chi connectivity index (χ3v) is 3.46. The minimum absolute atomic E-state index is 0.653. The van der Waals surface area contributed by atoms with Gasteiger partial charge in [-0.2, -0.15) is 0 Å². The predicted octanol–water partition coefficient (Wildman–Crippen LogP) is 4.48. The van der Waals surface area contributed by atoms with Crippen LogP contribution >= 0.6 is 0 Å². The smallest absolute Gasteiger partial charge is 0.150 e. The van der Waals surface area contributed by atoms with E-state index >= 15 is 0 Å². The molecule has 0 aliphatic rings. The number of para-hydroxylation sites is 1. The first-order valence-electron chi connectivity index (χ1n) is 7.90. The van der Waals surface area contributed by atoms with Crippen LogP contribution in [0.25, 0.3) is 10.9 Å². The van der Waals surface area contributed by atoms with Crippen molar-refractivity contribution in [2.75, 3.05) is 19.0 Å². The molecule has 2 aromatic carbocycles. The Hall–Kier alpha value is -2.88. The molecular formula is C20H22N2O2. The zero-order valence-electron chi connectivity index (χ0n) is 14.2. The van der Waals surface area contributed by atoms with Crippen molar-refractivity contribution in [1.29, 1.82) is 0 Å². The molecule has 1 N–H and O–H groups in total. The number of aldehydes is 1. The lowest BCUT2D eigenvalue weighted by molar-refractivity contribution is 0.112. The molecule has 0 saturated heterocycles. The summed E-state index contributed by atoms with van der Waals surface area (Å²) in [5, 5.41) is 4.31. The fourth-order valence-electron chi connectivity index (χ4n) is 2.26. The highest BCUT2D eigenvalue weighted by atomic mass is 16.5. The first kappa shape index (κ1) is 17.5. The molecule has 0 aliphatic carbocycles. The molecule has 0 amide bonds. The molecule has 0 saturated carbocycles. The number of fused-ring (bicyclic) bond motifs is 1. The van der Waals surface area contributed by atoms with Crippen LogP contribution in [0, 0.1) is 6.92 Å². The van der Waals surface area contributed by atoms with Gasteiger partial charge in [0.15, 0.2) is 0 Å². The molecule has 0 aliphatic heterocycles. The van der Waals surface area contributed by atoms with Crippen molar-refractivity contribution in [1.82, 2.24) is 4.98 Å². The highest BCUT2D eigenvalue weighted by Gasteiger charge is 1.99. The summed E-state index contributed by atoms with van der Waals surface area (Å²) in [6.07, 6.45) is 0.815. The van der Waals surface area contributed by atoms with E-state index in [1.165, 1.54) is 5.39 Å². The number of carbonyl (C=O) groups is 1. The monoisotopic (exact) mass is 322 g/mol. The average molecular weight is 322 g/mol. The van der Waals surface area contributed by atoms with Crippen LogP contribution in [-0.4, -0.2) is 24.9 Å². The number of anilines is 1. The van der Waals surface area contributed by atoms with E-state index in [2.05, 4.69) is 22.4 Å². The maximum absolute atomic E-state index is 10.2. The Morgan fingerprint density at radius 2 is 1.83 bits per heavy atom. The quantitative estimate of drug-likeness (QED) is 0.719. The van der Waals surface area contributed by atoms with Crippen molar-refractivity contribution < 1.29 is 9.53 Å². The Morgan fingerprint density at radius 1 is 1.08 bits per heavy atom. The Balaban J connectivity index is 0.000000177. The zero-order chi connectivity index (χ0) is 17.4. The molecule has 0 atom stereocenters. The predicted molar refractivity (Wildman–Crippen MR) is 99.0 cm³/mol. The van der Waals surface area contributed by atoms with Gasteiger partial charge in [0.25, 0.3) is 0 Å². The standard InChI is InChI=1S/C11H12N2.C9H10O2/c1-8-6-7-9-4-3-5-10(12-2)11(9)13-8;1-2-11-9-5-3-8(7-10)4-6-9/h3-7,12H,1-2H3;3-7H,2H2,1H3. The maximum atomic E-state index is 10.2. The van der Waals surface area contributed by atoms with Gasteiger partial charge in [-0.3, -0.25) is 9.78 Å². The Labute approximate surface area is 142 Å². The third kappa shape index (κ3) is 4.56. The first-order valence-corrected chi connectivity index (χ1v) is 7.90. The van der Waals surface area contributed by atoms with Gasteiger partial charge in [-0.15, -0.1) is 0 Å². The number of aryl methyl sites for hydroxylation is 1. The van der Waals surface area contributed by atoms with Crippen LogP contribution in [0.1, 0.15) is 23.0 Å². The van der Waals surface area contributed by atoms with Crippen LogP contribution in [0.5, 0.6) is 5.75 Å². The largest absolute Gasteiger partial charge is 0.494 e. The number of hydrogen-bond donors (Lipinski definition) is 1. The molecule has 4 heteroatoms. The first-order chi connectivity index (χ1) is 11.7. The van der Waals surface area contributed by atoms with Crippen molar-refractivity contribution in [3.63, 3.8) is 0 Å². The Bertz CT molecular complexity index is 798. The van der Waals surface area contributed by atoms with E-state index in [4.69, 9.17) is 4.74 Å². The van der Waals surface area contributed by atoms with Gasteiger partial charge in [-0.25, -0.2) is 0 Å². The van der Waals surface area contributed by atoms with Crippen molar-refractivity contribution in [3.8, 4) is 5.75 Å². The minimum atomic E-state index is 0.653. The number of carbonyl (C=O) groups excluding carboxylic acids is 1. The second kappa shape index (κ2) is 8.67. The highest BCUT2D eigenvalue weighted by molar-refractivity contribution is 5.90. The summed E-state index contributed by atoms with van der Waals surface area (Å²) < 4.78 is 5.19. The highest BCUT2D eigenvalue weighted by Crippen LogP contribution is 2.20. The van der Waals surface area contributed by atoms with Crippen LogP contribution < -0.4 is 10.1 Å². The van der Waals surface area contributed by atoms with Crippen molar-refractivity contribution in [2.24, 2.45) is 0 Å². The van der Waals surface area contributed by atoms with E-state index in [-0.39, 0.29) is 0 Å². The molecule has 0 spiro atoms. The SMILES string of the molecule is CCOc1ccc(C=O)cc1.CNc1cccc2ccc(C)nc12. The molecule has 3 rings (SSSR count). The molecule has 1 aromatic heterocycles. The van der Waals surface area contributed by atoms with Gasteiger partial charge in [0.2, 0.25) is 0 Å². The zero-order valence-corrected chi connectivity index (χ0v) is 14.2. The summed E-state index contributed by atoms with van der Waals surface area (Å²) >= 11 is 0. The van der Waals surface area contributed by atoms with Crippen LogP contribution in [0.4, 0.5) is 5.69 Å². The molecular weight excluding hydrogens is 300 g/mol. The van der Waals surface area contributed by atoms with E-state index in [9.17, 15) is 4.79 Å². The molecule has 4 nitrogen and oxygen atoms in total. The van der Waals surface area contributed by atoms with E-state index in [1.807, 2.05) is 39.1 Å². The number of aromatic nitrogens is 1. The number of benzene rings is 2. The second-order valence-electron chi connectivity index (χ2n) is 5.20. The van der Waals surface area contributed by atoms with E-state index in [1.54, 1.807) is 24.3 Å². The summed E-state index contributed by atoms with van der Waals surface area (Å²) in [6.45, 7) is 4.58. The van der Waals surface area contributed by atoms with Crippen LogP contribution in [0.2, 0.25) is 0 Å². The van der Waals surface area contributed by atoms with Gasteiger partial charge in [0, 0.05) is 23.7 Å². The number of pyridine rings is 1. The topological polar surface area (TPSA) is 51.2 Å². The van der Waals surface area contributed by atoms with Crippen LogP contribution in [-0.2, 0) is 0 Å². The van der Waals surface area contributed by atoms with Crippen LogP contribution in [0.15, 0.2) is 54.6 Å². The summed E-state index contributed by atoms with van der Waals surface area (Å²) in [5.41, 5.74) is 3.86. The molecule has 0 unspecified atom stereocenters. The van der Waals surface area contributed by atoms with Gasteiger partial charge < -0.3 is 10.1 Å². The van der Waals surface area contributed by atoms with E-state index < -0.39 is 0 Å². The molecule has 0 fully saturated rings. The van der Waals surface area contributed by atoms with Gasteiger partial charge >= 0.3 is 0 Å². The summed E-state index contributed by atoms with van der Waals surface area (Å²) in [7, 11) is 1.92. The number of nitrogens with one attached hydrogen (secondary N) is 1. The van der Waals surface area contributed by atoms with Gasteiger partial charge in [0.05, 0.1) is 17.8 Å². The van der Waals surface area contributed by atoms with Crippen molar-refractivity contribution >= 4 is 22.9 Å². The number of nitrogens with zero attached hydrogens (tertiary/aromatic N) is 1. The van der Waals surface area contributed by atoms with Crippen LogP contribution in [0.3, 0.4) is 0 Å². The molecule has 0 radical (unpaired) electrons. The number of rotatable bonds is 4.